The van der Waals surface area contributed by atoms with Crippen LogP contribution in [0.2, 0.25) is 5.02 Å². The van der Waals surface area contributed by atoms with E-state index < -0.39 is 13.0 Å². The van der Waals surface area contributed by atoms with Crippen molar-refractivity contribution in [3.05, 3.63) is 41.6 Å². The maximum atomic E-state index is 12.1. The monoisotopic (exact) mass is 258 g/mol. The quantitative estimate of drug-likeness (QED) is 0.818. The van der Waals surface area contributed by atoms with E-state index in [2.05, 4.69) is 0 Å². The summed E-state index contributed by atoms with van der Waals surface area (Å²) in [5.41, 5.74) is 0.558. The fourth-order valence-corrected chi connectivity index (χ4v) is 1.58. The molecule has 0 saturated heterocycles. The van der Waals surface area contributed by atoms with Gasteiger partial charge in [0, 0.05) is 5.02 Å². The predicted molar refractivity (Wildman–Crippen MR) is 60.7 cm³/mol. The first-order chi connectivity index (χ1) is 8.16. The molecule has 1 aromatic heterocycles. The normalized spacial score (nSPS) is 10.8. The van der Waals surface area contributed by atoms with Gasteiger partial charge in [0.2, 0.25) is 0 Å². The highest BCUT2D eigenvalue weighted by molar-refractivity contribution is 6.30. The maximum Gasteiger partial charge on any atom is 0.272 e. The van der Waals surface area contributed by atoms with Crippen LogP contribution in [0.15, 0.2) is 41.0 Å². The van der Waals surface area contributed by atoms with E-state index in [0.717, 1.165) is 0 Å². The first-order valence-corrected chi connectivity index (χ1v) is 5.29. The molecule has 0 spiro atoms. The van der Waals surface area contributed by atoms with Crippen molar-refractivity contribution in [2.75, 3.05) is 6.61 Å². The molecule has 0 radical (unpaired) electrons. The van der Waals surface area contributed by atoms with Crippen molar-refractivity contribution in [1.82, 2.24) is 0 Å². The van der Waals surface area contributed by atoms with Crippen molar-refractivity contribution >= 4 is 11.6 Å². The fourth-order valence-electron chi connectivity index (χ4n) is 1.41. The maximum absolute atomic E-state index is 12.1. The number of halogens is 3. The molecule has 0 aliphatic carbocycles. The Bertz CT molecular complexity index is 483. The topological polar surface area (TPSA) is 22.4 Å². The van der Waals surface area contributed by atoms with Gasteiger partial charge in [-0.2, -0.15) is 0 Å². The fraction of sp³-hybridized carbons (Fsp3) is 0.167. The summed E-state index contributed by atoms with van der Waals surface area (Å²) in [5.74, 6) is 0.849. The lowest BCUT2D eigenvalue weighted by molar-refractivity contribution is 0.0821. The number of hydrogen-bond donors (Lipinski definition) is 0. The van der Waals surface area contributed by atoms with Gasteiger partial charge in [0.25, 0.3) is 6.43 Å². The van der Waals surface area contributed by atoms with E-state index in [9.17, 15) is 8.78 Å². The second-order valence-electron chi connectivity index (χ2n) is 3.32. The van der Waals surface area contributed by atoms with Gasteiger partial charge in [0.15, 0.2) is 0 Å². The Morgan fingerprint density at radius 3 is 2.76 bits per heavy atom. The van der Waals surface area contributed by atoms with Crippen LogP contribution in [0, 0.1) is 0 Å². The van der Waals surface area contributed by atoms with Crippen molar-refractivity contribution in [1.29, 1.82) is 0 Å². The van der Waals surface area contributed by atoms with Crippen molar-refractivity contribution in [3.63, 3.8) is 0 Å². The molecule has 90 valence electrons. The number of benzene rings is 1. The minimum Gasteiger partial charge on any atom is -0.487 e. The molecule has 5 heteroatoms. The first-order valence-electron chi connectivity index (χ1n) is 4.91. The minimum atomic E-state index is -2.52. The summed E-state index contributed by atoms with van der Waals surface area (Å²) in [7, 11) is 0. The smallest absolute Gasteiger partial charge is 0.272 e. The molecule has 2 nitrogen and oxygen atoms in total. The summed E-state index contributed by atoms with van der Waals surface area (Å²) in [5, 5.41) is 0.487. The molecular weight excluding hydrogens is 250 g/mol. The van der Waals surface area contributed by atoms with E-state index in [1.165, 1.54) is 6.26 Å². The van der Waals surface area contributed by atoms with Crippen LogP contribution in [0.1, 0.15) is 0 Å². The van der Waals surface area contributed by atoms with Crippen LogP contribution in [0.4, 0.5) is 8.78 Å². The lowest BCUT2D eigenvalue weighted by Crippen LogP contribution is -2.07. The summed E-state index contributed by atoms with van der Waals surface area (Å²) >= 11 is 5.85. The van der Waals surface area contributed by atoms with Crippen LogP contribution >= 0.6 is 11.6 Å². The molecule has 0 bridgehead atoms. The average Bonchev–Trinajstić information content (AvgIpc) is 2.80. The zero-order chi connectivity index (χ0) is 12.3. The highest BCUT2D eigenvalue weighted by Crippen LogP contribution is 2.33. The summed E-state index contributed by atoms with van der Waals surface area (Å²) < 4.78 is 34.4. The summed E-state index contributed by atoms with van der Waals surface area (Å²) in [6, 6.07) is 8.15. The molecule has 0 aliphatic rings. The molecule has 0 saturated carbocycles. The summed E-state index contributed by atoms with van der Waals surface area (Å²) in [6.45, 7) is -0.657. The molecule has 1 heterocycles. The van der Waals surface area contributed by atoms with Crippen molar-refractivity contribution in [3.8, 4) is 17.1 Å². The van der Waals surface area contributed by atoms with Gasteiger partial charge in [0.1, 0.15) is 18.1 Å². The highest BCUT2D eigenvalue weighted by atomic mass is 35.5. The van der Waals surface area contributed by atoms with E-state index in [0.29, 0.717) is 22.1 Å². The van der Waals surface area contributed by atoms with E-state index >= 15 is 0 Å². The molecule has 0 atom stereocenters. The zero-order valence-electron chi connectivity index (χ0n) is 8.70. The molecule has 17 heavy (non-hydrogen) atoms. The second kappa shape index (κ2) is 5.19. The van der Waals surface area contributed by atoms with Crippen molar-refractivity contribution < 1.29 is 17.9 Å². The Morgan fingerprint density at radius 1 is 1.29 bits per heavy atom. The van der Waals surface area contributed by atoms with E-state index in [-0.39, 0.29) is 0 Å². The Hall–Kier alpha value is -1.55. The third-order valence-corrected chi connectivity index (χ3v) is 2.33. The molecule has 2 aromatic rings. The van der Waals surface area contributed by atoms with Gasteiger partial charge >= 0.3 is 0 Å². The van der Waals surface area contributed by atoms with Gasteiger partial charge in [-0.3, -0.25) is 0 Å². The van der Waals surface area contributed by atoms with E-state index in [1.54, 1.807) is 30.3 Å². The Morgan fingerprint density at radius 2 is 2.12 bits per heavy atom. The SMILES string of the molecule is FC(F)COc1ccc(Cl)cc1-c1ccco1. The largest absolute Gasteiger partial charge is 0.487 e. The summed E-state index contributed by atoms with van der Waals surface area (Å²) in [6.07, 6.45) is -1.03. The Kier molecular flexibility index (Phi) is 3.64. The molecule has 0 N–H and O–H groups in total. The third-order valence-electron chi connectivity index (χ3n) is 2.09. The summed E-state index contributed by atoms with van der Waals surface area (Å²) in [4.78, 5) is 0. The van der Waals surface area contributed by atoms with Gasteiger partial charge in [-0.1, -0.05) is 11.6 Å². The third kappa shape index (κ3) is 2.97. The van der Waals surface area contributed by atoms with Gasteiger partial charge in [-0.25, -0.2) is 8.78 Å². The molecular formula is C12H9ClF2O2. The van der Waals surface area contributed by atoms with Crippen LogP contribution in [-0.4, -0.2) is 13.0 Å². The number of rotatable bonds is 4. The van der Waals surface area contributed by atoms with E-state index in [1.807, 2.05) is 0 Å². The van der Waals surface area contributed by atoms with Crippen LogP contribution in [0.25, 0.3) is 11.3 Å². The number of ether oxygens (including phenoxy) is 1. The highest BCUT2D eigenvalue weighted by Gasteiger charge is 2.12. The Balaban J connectivity index is 2.31. The van der Waals surface area contributed by atoms with Gasteiger partial charge < -0.3 is 9.15 Å². The van der Waals surface area contributed by atoms with Crippen LogP contribution in [0.5, 0.6) is 5.75 Å². The predicted octanol–water partition coefficient (Wildman–Crippen LogP) is 4.24. The molecule has 0 unspecified atom stereocenters. The molecule has 0 amide bonds. The lowest BCUT2D eigenvalue weighted by atomic mass is 10.1. The van der Waals surface area contributed by atoms with Gasteiger partial charge in [-0.05, 0) is 30.3 Å². The number of furan rings is 1. The number of hydrogen-bond acceptors (Lipinski definition) is 2. The van der Waals surface area contributed by atoms with Crippen molar-refractivity contribution in [2.45, 2.75) is 6.43 Å². The number of alkyl halides is 2. The zero-order valence-corrected chi connectivity index (χ0v) is 9.45. The van der Waals surface area contributed by atoms with Crippen LogP contribution < -0.4 is 4.74 Å². The minimum absolute atomic E-state index is 0.324. The van der Waals surface area contributed by atoms with E-state index in [4.69, 9.17) is 20.8 Å². The van der Waals surface area contributed by atoms with Crippen LogP contribution in [-0.2, 0) is 0 Å². The van der Waals surface area contributed by atoms with Crippen LogP contribution in [0.3, 0.4) is 0 Å². The Labute approximate surface area is 102 Å². The standard InChI is InChI=1S/C12H9ClF2O2/c13-8-3-4-11(17-7-12(14)15)9(6-8)10-2-1-5-16-10/h1-6,12H,7H2. The first kappa shape index (κ1) is 11.9. The lowest BCUT2D eigenvalue weighted by Gasteiger charge is -2.09. The molecule has 0 aliphatic heterocycles. The molecule has 1 aromatic carbocycles. The van der Waals surface area contributed by atoms with Gasteiger partial charge in [0.05, 0.1) is 11.8 Å². The molecule has 0 fully saturated rings. The average molecular weight is 259 g/mol. The van der Waals surface area contributed by atoms with Gasteiger partial charge in [-0.15, -0.1) is 0 Å². The van der Waals surface area contributed by atoms with Crippen molar-refractivity contribution in [2.24, 2.45) is 0 Å². The molecule has 2 rings (SSSR count). The second-order valence-corrected chi connectivity index (χ2v) is 3.76.